The molecule has 0 amide bonds. The van der Waals surface area contributed by atoms with Crippen LogP contribution in [0, 0.1) is 0 Å². The lowest BCUT2D eigenvalue weighted by molar-refractivity contribution is -0.137. The first kappa shape index (κ1) is 25.2. The van der Waals surface area contributed by atoms with Crippen LogP contribution in [0.2, 0.25) is 0 Å². The Bertz CT molecular complexity index is 309. The zero-order chi connectivity index (χ0) is 19.1. The van der Waals surface area contributed by atoms with Crippen LogP contribution in [0.4, 0.5) is 0 Å². The lowest BCUT2D eigenvalue weighted by Crippen LogP contribution is -1.93. The highest BCUT2D eigenvalue weighted by Gasteiger charge is 1.97. The zero-order valence-electron chi connectivity index (χ0n) is 17.7. The minimum absolute atomic E-state index is 0.343. The van der Waals surface area contributed by atoms with Gasteiger partial charge in [0, 0.05) is 6.42 Å². The second kappa shape index (κ2) is 22.3. The van der Waals surface area contributed by atoms with Crippen molar-refractivity contribution in [2.75, 3.05) is 0 Å². The van der Waals surface area contributed by atoms with Gasteiger partial charge in [-0.25, -0.2) is 0 Å². The summed E-state index contributed by atoms with van der Waals surface area (Å²) in [5.74, 6) is -0.653. The molecule has 0 aromatic carbocycles. The van der Waals surface area contributed by atoms with E-state index in [1.165, 1.54) is 109 Å². The molecule has 0 aliphatic carbocycles. The van der Waals surface area contributed by atoms with Gasteiger partial charge in [0.25, 0.3) is 0 Å². The molecular weight excluding hydrogens is 320 g/mol. The fourth-order valence-corrected chi connectivity index (χ4v) is 3.41. The molecule has 0 aromatic rings. The number of carboxylic acid groups (broad SMARTS) is 1. The average molecular weight is 367 g/mol. The summed E-state index contributed by atoms with van der Waals surface area (Å²) in [7, 11) is 0. The number of rotatable bonds is 21. The Morgan fingerprint density at radius 3 is 1.31 bits per heavy atom. The van der Waals surface area contributed by atoms with Gasteiger partial charge in [-0.05, 0) is 32.1 Å². The van der Waals surface area contributed by atoms with Crippen LogP contribution in [0.25, 0.3) is 0 Å². The second-order valence-electron chi connectivity index (χ2n) is 7.85. The van der Waals surface area contributed by atoms with Crippen LogP contribution >= 0.6 is 0 Å². The highest BCUT2D eigenvalue weighted by molar-refractivity contribution is 5.66. The van der Waals surface area contributed by atoms with Crippen LogP contribution in [0.3, 0.4) is 0 Å². The molecule has 0 fully saturated rings. The topological polar surface area (TPSA) is 37.3 Å². The van der Waals surface area contributed by atoms with E-state index in [-0.39, 0.29) is 0 Å². The minimum atomic E-state index is -0.653. The molecule has 0 heterocycles. The van der Waals surface area contributed by atoms with Crippen molar-refractivity contribution in [3.8, 4) is 0 Å². The first-order valence-electron chi connectivity index (χ1n) is 11.6. The molecule has 0 saturated heterocycles. The maximum Gasteiger partial charge on any atom is 0.303 e. The molecular formula is C24H46O2. The third-order valence-corrected chi connectivity index (χ3v) is 5.15. The van der Waals surface area contributed by atoms with Gasteiger partial charge in [0.05, 0.1) is 0 Å². The summed E-state index contributed by atoms with van der Waals surface area (Å²) < 4.78 is 0. The summed E-state index contributed by atoms with van der Waals surface area (Å²) in [6.07, 6.45) is 30.1. The summed E-state index contributed by atoms with van der Waals surface area (Å²) >= 11 is 0. The van der Waals surface area contributed by atoms with Crippen molar-refractivity contribution in [1.82, 2.24) is 0 Å². The quantitative estimate of drug-likeness (QED) is 0.163. The fourth-order valence-electron chi connectivity index (χ4n) is 3.41. The van der Waals surface area contributed by atoms with Crippen molar-refractivity contribution < 1.29 is 9.90 Å². The molecule has 0 bridgehead atoms. The third-order valence-electron chi connectivity index (χ3n) is 5.15. The van der Waals surface area contributed by atoms with Crippen molar-refractivity contribution in [2.45, 2.75) is 135 Å². The number of aliphatic carboxylic acids is 1. The Morgan fingerprint density at radius 1 is 0.577 bits per heavy atom. The van der Waals surface area contributed by atoms with Gasteiger partial charge in [-0.3, -0.25) is 4.79 Å². The first-order chi connectivity index (χ1) is 12.8. The van der Waals surface area contributed by atoms with Crippen LogP contribution in [0.5, 0.6) is 0 Å². The van der Waals surface area contributed by atoms with E-state index in [1.54, 1.807) is 0 Å². The van der Waals surface area contributed by atoms with Crippen LogP contribution in [-0.4, -0.2) is 11.1 Å². The summed E-state index contributed by atoms with van der Waals surface area (Å²) in [5, 5.41) is 8.57. The van der Waals surface area contributed by atoms with E-state index in [0.29, 0.717) is 6.42 Å². The van der Waals surface area contributed by atoms with Crippen molar-refractivity contribution in [1.29, 1.82) is 0 Å². The van der Waals surface area contributed by atoms with E-state index in [9.17, 15) is 4.79 Å². The molecule has 0 aromatic heterocycles. The molecule has 26 heavy (non-hydrogen) atoms. The standard InChI is InChI=1S/C24H46O2/c1-2-3-4-5-6-7-8-9-10-11-12-13-14-15-16-17-18-19-20-21-22-23-24(25)26/h6-7H,2-5,8-23H2,1H3,(H,25,26)/b7-6-. The predicted molar refractivity (Wildman–Crippen MR) is 115 cm³/mol. The van der Waals surface area contributed by atoms with E-state index in [1.807, 2.05) is 0 Å². The van der Waals surface area contributed by atoms with E-state index < -0.39 is 5.97 Å². The van der Waals surface area contributed by atoms with Gasteiger partial charge in [0.1, 0.15) is 0 Å². The monoisotopic (exact) mass is 366 g/mol. The van der Waals surface area contributed by atoms with Gasteiger partial charge >= 0.3 is 5.97 Å². The largest absolute Gasteiger partial charge is 0.481 e. The Kier molecular flexibility index (Phi) is 21.6. The van der Waals surface area contributed by atoms with Crippen molar-refractivity contribution in [3.05, 3.63) is 12.2 Å². The number of carboxylic acids is 1. The molecule has 154 valence electrons. The maximum absolute atomic E-state index is 10.4. The normalized spacial score (nSPS) is 11.4. The average Bonchev–Trinajstić information content (AvgIpc) is 2.62. The number of hydrogen-bond donors (Lipinski definition) is 1. The highest BCUT2D eigenvalue weighted by Crippen LogP contribution is 2.14. The van der Waals surface area contributed by atoms with E-state index >= 15 is 0 Å². The number of carbonyl (C=O) groups is 1. The van der Waals surface area contributed by atoms with Crippen LogP contribution < -0.4 is 0 Å². The van der Waals surface area contributed by atoms with Crippen molar-refractivity contribution in [2.24, 2.45) is 0 Å². The Balaban J connectivity index is 3.04. The van der Waals surface area contributed by atoms with E-state index in [2.05, 4.69) is 19.1 Å². The van der Waals surface area contributed by atoms with Gasteiger partial charge in [-0.15, -0.1) is 0 Å². The Hall–Kier alpha value is -0.790. The van der Waals surface area contributed by atoms with Crippen LogP contribution in [0.1, 0.15) is 135 Å². The van der Waals surface area contributed by atoms with E-state index in [4.69, 9.17) is 5.11 Å². The lowest BCUT2D eigenvalue weighted by atomic mass is 10.0. The zero-order valence-corrected chi connectivity index (χ0v) is 17.7. The van der Waals surface area contributed by atoms with Crippen LogP contribution in [0.15, 0.2) is 12.2 Å². The molecule has 0 spiro atoms. The minimum Gasteiger partial charge on any atom is -0.481 e. The second-order valence-corrected chi connectivity index (χ2v) is 7.85. The van der Waals surface area contributed by atoms with Gasteiger partial charge in [-0.2, -0.15) is 0 Å². The molecule has 0 aliphatic heterocycles. The molecule has 2 nitrogen and oxygen atoms in total. The molecule has 0 saturated carbocycles. The summed E-state index contributed by atoms with van der Waals surface area (Å²) in [4.78, 5) is 10.4. The predicted octanol–water partition coefficient (Wildman–Crippen LogP) is 8.45. The van der Waals surface area contributed by atoms with Crippen LogP contribution in [-0.2, 0) is 4.79 Å². The van der Waals surface area contributed by atoms with Gasteiger partial charge < -0.3 is 5.11 Å². The smallest absolute Gasteiger partial charge is 0.303 e. The van der Waals surface area contributed by atoms with Gasteiger partial charge in [0.15, 0.2) is 0 Å². The number of allylic oxidation sites excluding steroid dienone is 2. The molecule has 2 heteroatoms. The Labute approximate surface area is 163 Å². The number of unbranched alkanes of at least 4 members (excludes halogenated alkanes) is 17. The molecule has 1 N–H and O–H groups in total. The van der Waals surface area contributed by atoms with Crippen molar-refractivity contribution in [3.63, 3.8) is 0 Å². The van der Waals surface area contributed by atoms with Gasteiger partial charge in [-0.1, -0.05) is 109 Å². The summed E-state index contributed by atoms with van der Waals surface area (Å²) in [6.45, 7) is 2.26. The Morgan fingerprint density at radius 2 is 0.923 bits per heavy atom. The summed E-state index contributed by atoms with van der Waals surface area (Å²) in [5.41, 5.74) is 0. The molecule has 0 rings (SSSR count). The molecule has 0 radical (unpaired) electrons. The van der Waals surface area contributed by atoms with E-state index in [0.717, 1.165) is 12.8 Å². The molecule has 0 unspecified atom stereocenters. The summed E-state index contributed by atoms with van der Waals surface area (Å²) in [6, 6.07) is 0. The highest BCUT2D eigenvalue weighted by atomic mass is 16.4. The third kappa shape index (κ3) is 23.2. The SMILES string of the molecule is CCCCC/C=C\CCCCCCCCCCCCCCCCC(=O)O. The first-order valence-corrected chi connectivity index (χ1v) is 11.6. The number of hydrogen-bond acceptors (Lipinski definition) is 1. The fraction of sp³-hybridized carbons (Fsp3) is 0.875. The lowest BCUT2D eigenvalue weighted by Gasteiger charge is -2.03. The molecule has 0 atom stereocenters. The maximum atomic E-state index is 10.4. The molecule has 0 aliphatic rings. The van der Waals surface area contributed by atoms with Crippen molar-refractivity contribution >= 4 is 5.97 Å². The van der Waals surface area contributed by atoms with Gasteiger partial charge in [0.2, 0.25) is 0 Å².